The molecule has 0 aliphatic heterocycles. The molecular formula is C26H24N2OS. The van der Waals surface area contributed by atoms with Crippen molar-refractivity contribution in [2.45, 2.75) is 17.0 Å². The summed E-state index contributed by atoms with van der Waals surface area (Å²) in [4.78, 5) is 13.0. The van der Waals surface area contributed by atoms with E-state index in [0.717, 1.165) is 16.7 Å². The monoisotopic (exact) mass is 412 g/mol. The van der Waals surface area contributed by atoms with Crippen molar-refractivity contribution in [1.82, 2.24) is 9.88 Å². The number of hydrogen-bond acceptors (Lipinski definition) is 3. The Labute approximate surface area is 182 Å². The fourth-order valence-corrected chi connectivity index (χ4v) is 4.09. The van der Waals surface area contributed by atoms with Crippen molar-refractivity contribution in [2.24, 2.45) is 0 Å². The first-order valence-corrected chi connectivity index (χ1v) is 10.5. The molecule has 1 N–H and O–H groups in total. The fraction of sp³-hybridized carbons (Fsp3) is 0.115. The van der Waals surface area contributed by atoms with Gasteiger partial charge in [0.05, 0.1) is 5.54 Å². The maximum absolute atomic E-state index is 12.3. The van der Waals surface area contributed by atoms with Gasteiger partial charge in [0.2, 0.25) is 0 Å². The molecule has 0 atom stereocenters. The number of aromatic nitrogens is 1. The molecule has 0 fully saturated rings. The summed E-state index contributed by atoms with van der Waals surface area (Å²) in [6, 6.07) is 34.7. The molecular weight excluding hydrogens is 388 g/mol. The van der Waals surface area contributed by atoms with Gasteiger partial charge < -0.3 is 4.57 Å². The SMILES string of the molecule is O=c1cc(S)ccn1CCNC(c1ccccc1)(c1ccccc1)c1ccccc1. The maximum Gasteiger partial charge on any atom is 0.251 e. The molecule has 4 aromatic rings. The van der Waals surface area contributed by atoms with Gasteiger partial charge in [-0.15, -0.1) is 12.6 Å². The summed E-state index contributed by atoms with van der Waals surface area (Å²) in [5.41, 5.74) is 2.88. The molecule has 3 aromatic carbocycles. The van der Waals surface area contributed by atoms with Gasteiger partial charge in [-0.05, 0) is 22.8 Å². The van der Waals surface area contributed by atoms with E-state index < -0.39 is 5.54 Å². The van der Waals surface area contributed by atoms with E-state index in [-0.39, 0.29) is 5.56 Å². The van der Waals surface area contributed by atoms with Crippen molar-refractivity contribution in [3.8, 4) is 0 Å². The number of benzene rings is 3. The lowest BCUT2D eigenvalue weighted by Gasteiger charge is -2.37. The van der Waals surface area contributed by atoms with Gasteiger partial charge in [0.25, 0.3) is 5.56 Å². The molecule has 0 bridgehead atoms. The van der Waals surface area contributed by atoms with Crippen LogP contribution in [0.4, 0.5) is 0 Å². The Bertz CT molecular complexity index is 1050. The van der Waals surface area contributed by atoms with E-state index in [2.05, 4.69) is 90.7 Å². The van der Waals surface area contributed by atoms with Crippen molar-refractivity contribution in [3.63, 3.8) is 0 Å². The van der Waals surface area contributed by atoms with Crippen LogP contribution in [0, 0.1) is 0 Å². The normalized spacial score (nSPS) is 11.4. The van der Waals surface area contributed by atoms with E-state index in [4.69, 9.17) is 0 Å². The molecule has 0 unspecified atom stereocenters. The molecule has 0 amide bonds. The number of thiol groups is 1. The highest BCUT2D eigenvalue weighted by molar-refractivity contribution is 7.80. The van der Waals surface area contributed by atoms with Crippen LogP contribution < -0.4 is 10.9 Å². The summed E-state index contributed by atoms with van der Waals surface area (Å²) in [7, 11) is 0. The summed E-state index contributed by atoms with van der Waals surface area (Å²) in [6.45, 7) is 1.17. The standard InChI is InChI=1S/C26H24N2OS/c29-25-20-24(30)16-18-28(25)19-17-27-26(21-10-4-1-5-11-21,22-12-6-2-7-13-22)23-14-8-3-9-15-23/h1-16,18,20,27,30H,17,19H2. The Morgan fingerprint density at radius 3 is 1.63 bits per heavy atom. The van der Waals surface area contributed by atoms with Gasteiger partial charge in [0.1, 0.15) is 0 Å². The Morgan fingerprint density at radius 1 is 0.733 bits per heavy atom. The van der Waals surface area contributed by atoms with Crippen LogP contribution in [0.5, 0.6) is 0 Å². The fourth-order valence-electron chi connectivity index (χ4n) is 3.92. The number of nitrogens with zero attached hydrogens (tertiary/aromatic N) is 1. The highest BCUT2D eigenvalue weighted by atomic mass is 32.1. The zero-order chi connectivity index (χ0) is 20.8. The third kappa shape index (κ3) is 4.11. The molecule has 0 aliphatic rings. The minimum atomic E-state index is -0.531. The predicted octanol–water partition coefficient (Wildman–Crippen LogP) is 4.72. The third-order valence-corrected chi connectivity index (χ3v) is 5.62. The van der Waals surface area contributed by atoms with Gasteiger partial charge in [-0.3, -0.25) is 10.1 Å². The highest BCUT2D eigenvalue weighted by Gasteiger charge is 2.35. The molecule has 0 spiro atoms. The number of hydrogen-bond donors (Lipinski definition) is 2. The van der Waals surface area contributed by atoms with Gasteiger partial charge in [-0.1, -0.05) is 91.0 Å². The van der Waals surface area contributed by atoms with E-state index in [1.165, 1.54) is 0 Å². The third-order valence-electron chi connectivity index (χ3n) is 5.34. The van der Waals surface area contributed by atoms with Gasteiger partial charge in [-0.2, -0.15) is 0 Å². The molecule has 150 valence electrons. The van der Waals surface area contributed by atoms with Crippen LogP contribution in [0.25, 0.3) is 0 Å². The minimum Gasteiger partial charge on any atom is -0.314 e. The second kappa shape index (κ2) is 9.16. The Kier molecular flexibility index (Phi) is 6.17. The Morgan fingerprint density at radius 2 is 1.20 bits per heavy atom. The van der Waals surface area contributed by atoms with Crippen LogP contribution in [0.3, 0.4) is 0 Å². The lowest BCUT2D eigenvalue weighted by atomic mass is 9.77. The molecule has 3 nitrogen and oxygen atoms in total. The Hall–Kier alpha value is -3.08. The first kappa shape index (κ1) is 20.2. The number of nitrogens with one attached hydrogen (secondary N) is 1. The van der Waals surface area contributed by atoms with Gasteiger partial charge in [0, 0.05) is 30.2 Å². The molecule has 0 radical (unpaired) electrons. The number of rotatable bonds is 7. The van der Waals surface area contributed by atoms with E-state index in [9.17, 15) is 4.79 Å². The lowest BCUT2D eigenvalue weighted by Crippen LogP contribution is -2.46. The second-order valence-corrected chi connectivity index (χ2v) is 7.71. The molecule has 0 aliphatic carbocycles. The largest absolute Gasteiger partial charge is 0.314 e. The van der Waals surface area contributed by atoms with E-state index >= 15 is 0 Å². The van der Waals surface area contributed by atoms with Crippen molar-refractivity contribution >= 4 is 12.6 Å². The van der Waals surface area contributed by atoms with Crippen molar-refractivity contribution in [3.05, 3.63) is 136 Å². The van der Waals surface area contributed by atoms with E-state index in [0.29, 0.717) is 18.0 Å². The summed E-state index contributed by atoms with van der Waals surface area (Å²) in [5.74, 6) is 0. The van der Waals surface area contributed by atoms with Crippen molar-refractivity contribution < 1.29 is 0 Å². The molecule has 1 heterocycles. The minimum absolute atomic E-state index is 0.0472. The number of pyridine rings is 1. The van der Waals surface area contributed by atoms with Crippen LogP contribution in [0.2, 0.25) is 0 Å². The van der Waals surface area contributed by atoms with Crippen LogP contribution >= 0.6 is 12.6 Å². The van der Waals surface area contributed by atoms with Gasteiger partial charge >= 0.3 is 0 Å². The molecule has 0 saturated carbocycles. The van der Waals surface area contributed by atoms with Crippen molar-refractivity contribution in [2.75, 3.05) is 6.54 Å². The maximum atomic E-state index is 12.3. The zero-order valence-corrected chi connectivity index (χ0v) is 17.5. The molecule has 1 aromatic heterocycles. The molecule has 0 saturated heterocycles. The topological polar surface area (TPSA) is 34.0 Å². The first-order valence-electron chi connectivity index (χ1n) is 10.0. The Balaban J connectivity index is 1.77. The lowest BCUT2D eigenvalue weighted by molar-refractivity contribution is 0.449. The summed E-state index contributed by atoms with van der Waals surface area (Å²) in [6.07, 6.45) is 1.79. The highest BCUT2D eigenvalue weighted by Crippen LogP contribution is 2.36. The van der Waals surface area contributed by atoms with Gasteiger partial charge in [-0.25, -0.2) is 0 Å². The summed E-state index contributed by atoms with van der Waals surface area (Å²) >= 11 is 4.25. The zero-order valence-electron chi connectivity index (χ0n) is 16.6. The van der Waals surface area contributed by atoms with Crippen LogP contribution in [-0.4, -0.2) is 11.1 Å². The van der Waals surface area contributed by atoms with E-state index in [1.807, 2.05) is 24.3 Å². The van der Waals surface area contributed by atoms with Crippen LogP contribution in [0.15, 0.2) is 119 Å². The quantitative estimate of drug-likeness (QED) is 0.340. The molecule has 4 heteroatoms. The first-order chi connectivity index (χ1) is 14.7. The van der Waals surface area contributed by atoms with E-state index in [1.54, 1.807) is 16.8 Å². The average Bonchev–Trinajstić information content (AvgIpc) is 2.80. The second-order valence-electron chi connectivity index (χ2n) is 7.19. The van der Waals surface area contributed by atoms with Crippen molar-refractivity contribution in [1.29, 1.82) is 0 Å². The molecule has 4 rings (SSSR count). The van der Waals surface area contributed by atoms with Crippen LogP contribution in [0.1, 0.15) is 16.7 Å². The smallest absolute Gasteiger partial charge is 0.251 e. The van der Waals surface area contributed by atoms with Crippen LogP contribution in [-0.2, 0) is 12.1 Å². The summed E-state index contributed by atoms with van der Waals surface area (Å²) in [5, 5.41) is 3.79. The average molecular weight is 413 g/mol. The predicted molar refractivity (Wildman–Crippen MR) is 125 cm³/mol. The summed E-state index contributed by atoms with van der Waals surface area (Å²) < 4.78 is 1.71. The van der Waals surface area contributed by atoms with Gasteiger partial charge in [0.15, 0.2) is 0 Å². The molecule has 30 heavy (non-hydrogen) atoms.